The molecule has 1 N–H and O–H groups in total. The van der Waals surface area contributed by atoms with Crippen LogP contribution >= 0.6 is 0 Å². The number of nitrogens with zero attached hydrogens (tertiary/aromatic N) is 1. The van der Waals surface area contributed by atoms with Gasteiger partial charge in [-0.2, -0.15) is 0 Å². The van der Waals surface area contributed by atoms with Crippen LogP contribution in [0.5, 0.6) is 5.75 Å². The summed E-state index contributed by atoms with van der Waals surface area (Å²) in [7, 11) is 1.69. The summed E-state index contributed by atoms with van der Waals surface area (Å²) < 4.78 is 5.39. The van der Waals surface area contributed by atoms with Crippen molar-refractivity contribution in [3.8, 4) is 5.75 Å². The first-order chi connectivity index (χ1) is 16.7. The highest BCUT2D eigenvalue weighted by Crippen LogP contribution is 2.37. The van der Waals surface area contributed by atoms with Gasteiger partial charge in [-0.1, -0.05) is 72.8 Å². The molecule has 0 aromatic heterocycles. The Morgan fingerprint density at radius 3 is 2.15 bits per heavy atom. The average molecular weight is 457 g/mol. The molecule has 1 aliphatic rings. The molecule has 0 bridgehead atoms. The average Bonchev–Trinajstić information content (AvgIpc) is 2.92. The molecule has 0 saturated carbocycles. The van der Waals surface area contributed by atoms with Crippen molar-refractivity contribution in [1.82, 2.24) is 10.2 Å². The van der Waals surface area contributed by atoms with E-state index in [-0.39, 0.29) is 5.41 Å². The van der Waals surface area contributed by atoms with Crippen LogP contribution in [0, 0.1) is 0 Å². The third kappa shape index (κ3) is 5.68. The summed E-state index contributed by atoms with van der Waals surface area (Å²) in [4.78, 5) is 14.0. The lowest BCUT2D eigenvalue weighted by Crippen LogP contribution is -2.40. The zero-order valence-corrected chi connectivity index (χ0v) is 20.2. The molecule has 1 saturated heterocycles. The van der Waals surface area contributed by atoms with E-state index in [2.05, 4.69) is 76.9 Å². The molecule has 0 spiro atoms. The van der Waals surface area contributed by atoms with Crippen LogP contribution in [-0.4, -0.2) is 44.6 Å². The van der Waals surface area contributed by atoms with E-state index in [0.717, 1.165) is 44.6 Å². The van der Waals surface area contributed by atoms with E-state index in [1.807, 2.05) is 18.2 Å². The summed E-state index contributed by atoms with van der Waals surface area (Å²) in [5, 5.41) is 3.00. The van der Waals surface area contributed by atoms with Gasteiger partial charge >= 0.3 is 0 Å². The number of ether oxygens (including phenoxy) is 1. The molecule has 4 nitrogen and oxygen atoms in total. The van der Waals surface area contributed by atoms with E-state index in [1.54, 1.807) is 7.11 Å². The molecule has 1 unspecified atom stereocenters. The molecule has 0 radical (unpaired) electrons. The summed E-state index contributed by atoms with van der Waals surface area (Å²) >= 11 is 0. The lowest BCUT2D eigenvalue weighted by Gasteiger charge is -2.37. The molecule has 0 aliphatic carbocycles. The molecule has 3 aromatic rings. The summed E-state index contributed by atoms with van der Waals surface area (Å²) in [6.07, 6.45) is 5.29. The topological polar surface area (TPSA) is 41.6 Å². The van der Waals surface area contributed by atoms with Gasteiger partial charge in [0.05, 0.1) is 7.11 Å². The largest absolute Gasteiger partial charge is 0.497 e. The zero-order valence-electron chi connectivity index (χ0n) is 20.2. The lowest BCUT2D eigenvalue weighted by molar-refractivity contribution is -0.109. The second-order valence-corrected chi connectivity index (χ2v) is 9.31. The number of amides is 1. The normalized spacial score (nSPS) is 16.5. The number of hydrogen-bond acceptors (Lipinski definition) is 3. The lowest BCUT2D eigenvalue weighted by atomic mass is 9.71. The smallest absolute Gasteiger partial charge is 0.207 e. The number of carbonyl (C=O) groups is 1. The Labute approximate surface area is 204 Å². The van der Waals surface area contributed by atoms with Gasteiger partial charge < -0.3 is 15.0 Å². The van der Waals surface area contributed by atoms with Crippen LogP contribution in [0.2, 0.25) is 0 Å². The van der Waals surface area contributed by atoms with Crippen molar-refractivity contribution < 1.29 is 9.53 Å². The molecule has 178 valence electrons. The van der Waals surface area contributed by atoms with Gasteiger partial charge in [0, 0.05) is 12.0 Å². The molecule has 34 heavy (non-hydrogen) atoms. The van der Waals surface area contributed by atoms with E-state index >= 15 is 0 Å². The Hall–Kier alpha value is -3.11. The number of nitrogens with one attached hydrogen (secondary N) is 1. The number of likely N-dealkylation sites (tertiary alicyclic amines) is 1. The monoisotopic (exact) mass is 456 g/mol. The number of rotatable bonds is 11. The Bertz CT molecular complexity index is 999. The van der Waals surface area contributed by atoms with E-state index in [4.69, 9.17) is 4.74 Å². The van der Waals surface area contributed by atoms with Gasteiger partial charge in [-0.3, -0.25) is 4.79 Å². The molecular formula is C30H36N2O2. The molecule has 1 amide bonds. The van der Waals surface area contributed by atoms with Crippen molar-refractivity contribution in [2.24, 2.45) is 0 Å². The maximum atomic E-state index is 11.3. The Morgan fingerprint density at radius 1 is 0.912 bits per heavy atom. The van der Waals surface area contributed by atoms with Gasteiger partial charge in [0.15, 0.2) is 0 Å². The highest BCUT2D eigenvalue weighted by atomic mass is 16.5. The number of carbonyl (C=O) groups excluding carboxylic acids is 1. The van der Waals surface area contributed by atoms with Crippen LogP contribution in [0.15, 0.2) is 84.9 Å². The van der Waals surface area contributed by atoms with Crippen molar-refractivity contribution in [3.63, 3.8) is 0 Å². The van der Waals surface area contributed by atoms with Crippen LogP contribution in [0.4, 0.5) is 0 Å². The first-order valence-electron chi connectivity index (χ1n) is 12.4. The van der Waals surface area contributed by atoms with E-state index in [1.165, 1.54) is 29.5 Å². The summed E-state index contributed by atoms with van der Waals surface area (Å²) in [6.45, 7) is 3.94. The van der Waals surface area contributed by atoms with Crippen LogP contribution in [0.3, 0.4) is 0 Å². The minimum Gasteiger partial charge on any atom is -0.497 e. The fourth-order valence-corrected chi connectivity index (χ4v) is 5.45. The number of hydrogen-bond donors (Lipinski definition) is 1. The summed E-state index contributed by atoms with van der Waals surface area (Å²) in [6, 6.07) is 29.8. The number of benzene rings is 3. The molecule has 4 heteroatoms. The molecule has 1 fully saturated rings. The Kier molecular flexibility index (Phi) is 8.37. The van der Waals surface area contributed by atoms with Crippen molar-refractivity contribution in [2.75, 3.05) is 33.3 Å². The predicted octanol–water partition coefficient (Wildman–Crippen LogP) is 5.39. The van der Waals surface area contributed by atoms with Crippen molar-refractivity contribution >= 4 is 6.41 Å². The number of piperidine rings is 1. The van der Waals surface area contributed by atoms with Gasteiger partial charge in [-0.15, -0.1) is 0 Å². The van der Waals surface area contributed by atoms with Gasteiger partial charge in [-0.05, 0) is 80.1 Å². The molecule has 1 aliphatic heterocycles. The summed E-state index contributed by atoms with van der Waals surface area (Å²) in [5.41, 5.74) is 3.63. The van der Waals surface area contributed by atoms with Crippen LogP contribution in [0.1, 0.15) is 48.3 Å². The highest BCUT2D eigenvalue weighted by molar-refractivity contribution is 5.49. The standard InChI is InChI=1S/C30H36N2O2/c1-34-29-15-13-28(14-16-29)30(23-31-24-33,27-11-6-3-7-12-27)19-8-20-32-21-17-26(18-22-32)25-9-4-2-5-10-25/h2-7,9-16,24,26H,8,17-23H2,1H3,(H,31,33). The van der Waals surface area contributed by atoms with Crippen molar-refractivity contribution in [2.45, 2.75) is 37.0 Å². The SMILES string of the molecule is COc1ccc(C(CCCN2CCC(c3ccccc3)CC2)(CNC=O)c2ccccc2)cc1. The van der Waals surface area contributed by atoms with E-state index in [9.17, 15) is 4.79 Å². The zero-order chi connectivity index (χ0) is 23.6. The molecule has 4 rings (SSSR count). The first kappa shape index (κ1) is 24.0. The fourth-order valence-electron chi connectivity index (χ4n) is 5.45. The van der Waals surface area contributed by atoms with Crippen molar-refractivity contribution in [1.29, 1.82) is 0 Å². The summed E-state index contributed by atoms with van der Waals surface area (Å²) in [5.74, 6) is 1.52. The minimum absolute atomic E-state index is 0.281. The Morgan fingerprint density at radius 2 is 1.53 bits per heavy atom. The van der Waals surface area contributed by atoms with Crippen LogP contribution in [0.25, 0.3) is 0 Å². The highest BCUT2D eigenvalue weighted by Gasteiger charge is 2.34. The van der Waals surface area contributed by atoms with E-state index in [0.29, 0.717) is 12.5 Å². The maximum Gasteiger partial charge on any atom is 0.207 e. The van der Waals surface area contributed by atoms with E-state index < -0.39 is 0 Å². The molecular weight excluding hydrogens is 420 g/mol. The third-order valence-electron chi connectivity index (χ3n) is 7.39. The Balaban J connectivity index is 1.46. The first-order valence-corrected chi connectivity index (χ1v) is 12.4. The molecule has 1 atom stereocenters. The minimum atomic E-state index is -0.281. The van der Waals surface area contributed by atoms with Gasteiger partial charge in [0.1, 0.15) is 5.75 Å². The van der Waals surface area contributed by atoms with Crippen LogP contribution in [-0.2, 0) is 10.2 Å². The molecule has 3 aromatic carbocycles. The second kappa shape index (κ2) is 11.8. The second-order valence-electron chi connectivity index (χ2n) is 9.31. The maximum absolute atomic E-state index is 11.3. The van der Waals surface area contributed by atoms with Gasteiger partial charge in [-0.25, -0.2) is 0 Å². The fraction of sp³-hybridized carbons (Fsp3) is 0.367. The quantitative estimate of drug-likeness (QED) is 0.394. The van der Waals surface area contributed by atoms with Gasteiger partial charge in [0.2, 0.25) is 6.41 Å². The molecule has 1 heterocycles. The van der Waals surface area contributed by atoms with Gasteiger partial charge in [0.25, 0.3) is 0 Å². The number of methoxy groups -OCH3 is 1. The van der Waals surface area contributed by atoms with Crippen LogP contribution < -0.4 is 10.1 Å². The van der Waals surface area contributed by atoms with Crippen molar-refractivity contribution in [3.05, 3.63) is 102 Å². The predicted molar refractivity (Wildman–Crippen MR) is 138 cm³/mol. The third-order valence-corrected chi connectivity index (χ3v) is 7.39.